The lowest BCUT2D eigenvalue weighted by Gasteiger charge is -2.03. The molecule has 0 heterocycles. The first-order valence-electron chi connectivity index (χ1n) is 11.8. The van der Waals surface area contributed by atoms with Gasteiger partial charge in [-0.2, -0.15) is 4.89 Å². The molecule has 0 aromatic heterocycles. The van der Waals surface area contributed by atoms with Gasteiger partial charge < -0.3 is 0 Å². The second-order valence-electron chi connectivity index (χ2n) is 7.61. The average molecular weight is 383 g/mol. The van der Waals surface area contributed by atoms with Crippen molar-refractivity contribution in [2.75, 3.05) is 6.61 Å². The van der Waals surface area contributed by atoms with Crippen molar-refractivity contribution in [2.45, 2.75) is 129 Å². The van der Waals surface area contributed by atoms with Crippen LogP contribution in [0.5, 0.6) is 0 Å². The van der Waals surface area contributed by atoms with Crippen molar-refractivity contribution in [3.05, 3.63) is 12.2 Å². The maximum Gasteiger partial charge on any atom is 0.342 e. The molecule has 0 radical (unpaired) electrons. The third kappa shape index (κ3) is 23.1. The Balaban J connectivity index is 3.12. The minimum Gasteiger partial charge on any atom is -0.298 e. The van der Waals surface area contributed by atoms with Crippen LogP contribution in [0.4, 0.5) is 0 Å². The fourth-order valence-corrected chi connectivity index (χ4v) is 3.21. The topological polar surface area (TPSA) is 35.5 Å². The van der Waals surface area contributed by atoms with Crippen LogP contribution < -0.4 is 0 Å². The Morgan fingerprint density at radius 1 is 0.630 bits per heavy atom. The van der Waals surface area contributed by atoms with E-state index in [1.165, 1.54) is 96.3 Å². The maximum atomic E-state index is 11.2. The molecule has 0 fully saturated rings. The van der Waals surface area contributed by atoms with Gasteiger partial charge in [-0.25, -0.2) is 4.79 Å². The molecule has 0 aliphatic heterocycles. The third-order valence-corrected chi connectivity index (χ3v) is 4.91. The smallest absolute Gasteiger partial charge is 0.298 e. The van der Waals surface area contributed by atoms with E-state index < -0.39 is 0 Å². The molecular weight excluding hydrogens is 336 g/mol. The van der Waals surface area contributed by atoms with Crippen molar-refractivity contribution in [1.29, 1.82) is 0 Å². The summed E-state index contributed by atoms with van der Waals surface area (Å²) in [6.07, 6.45) is 27.5. The van der Waals surface area contributed by atoms with E-state index in [9.17, 15) is 4.79 Å². The van der Waals surface area contributed by atoms with Crippen LogP contribution in [0.1, 0.15) is 129 Å². The Kier molecular flexibility index (Phi) is 22.5. The normalized spacial score (nSPS) is 11.3. The highest BCUT2D eigenvalue weighted by atomic mass is 17.2. The second kappa shape index (κ2) is 23.2. The summed E-state index contributed by atoms with van der Waals surface area (Å²) < 4.78 is 0. The molecule has 3 heteroatoms. The molecule has 0 spiro atoms. The molecular formula is C24H46O3. The summed E-state index contributed by atoms with van der Waals surface area (Å²) in [6.45, 7) is 4.50. The average Bonchev–Trinajstić information content (AvgIpc) is 2.68. The fraction of sp³-hybridized carbons (Fsp3) is 0.875. The first-order valence-corrected chi connectivity index (χ1v) is 11.8. The highest BCUT2D eigenvalue weighted by Gasteiger charge is 2.02. The SMILES string of the molecule is CCCCCCCC/C=C\CCCCCCCCCCCC(=O)OOCC. The molecule has 0 aliphatic rings. The molecule has 0 unspecified atom stereocenters. The van der Waals surface area contributed by atoms with Gasteiger partial charge >= 0.3 is 5.97 Å². The van der Waals surface area contributed by atoms with Crippen molar-refractivity contribution in [3.8, 4) is 0 Å². The number of carbonyl (C=O) groups excluding carboxylic acids is 1. The monoisotopic (exact) mass is 382 g/mol. The van der Waals surface area contributed by atoms with Crippen molar-refractivity contribution in [1.82, 2.24) is 0 Å². The Morgan fingerprint density at radius 2 is 1.07 bits per heavy atom. The van der Waals surface area contributed by atoms with E-state index in [1.807, 2.05) is 0 Å². The minimum atomic E-state index is -0.238. The molecule has 0 amide bonds. The molecule has 0 rings (SSSR count). The van der Waals surface area contributed by atoms with Gasteiger partial charge in [0, 0.05) is 6.42 Å². The fourth-order valence-electron chi connectivity index (χ4n) is 3.21. The van der Waals surface area contributed by atoms with Crippen LogP contribution in [0, 0.1) is 0 Å². The van der Waals surface area contributed by atoms with E-state index in [2.05, 4.69) is 28.9 Å². The standard InChI is InChI=1S/C24H46O3/c1-3-5-6-7-8-9-10-11-12-13-14-15-16-17-18-19-20-21-22-23-24(25)27-26-4-2/h11-12H,3-10,13-23H2,1-2H3/b12-11-. The van der Waals surface area contributed by atoms with Gasteiger partial charge in [-0.3, -0.25) is 4.89 Å². The number of hydrogen-bond donors (Lipinski definition) is 0. The Labute approximate surface area is 169 Å². The van der Waals surface area contributed by atoms with Gasteiger partial charge in [0.2, 0.25) is 0 Å². The van der Waals surface area contributed by atoms with Gasteiger partial charge in [-0.1, -0.05) is 96.1 Å². The summed E-state index contributed by atoms with van der Waals surface area (Å²) in [6, 6.07) is 0. The van der Waals surface area contributed by atoms with Crippen LogP contribution in [0.15, 0.2) is 12.2 Å². The summed E-state index contributed by atoms with van der Waals surface area (Å²) in [5.74, 6) is -0.238. The lowest BCUT2D eigenvalue weighted by atomic mass is 10.1. The van der Waals surface area contributed by atoms with Crippen LogP contribution in [0.2, 0.25) is 0 Å². The summed E-state index contributed by atoms with van der Waals surface area (Å²) in [7, 11) is 0. The van der Waals surface area contributed by atoms with Gasteiger partial charge in [0.1, 0.15) is 0 Å². The number of rotatable bonds is 21. The lowest BCUT2D eigenvalue weighted by Crippen LogP contribution is -2.04. The van der Waals surface area contributed by atoms with Gasteiger partial charge in [0.25, 0.3) is 0 Å². The zero-order valence-electron chi connectivity index (χ0n) is 18.3. The van der Waals surface area contributed by atoms with Crippen LogP contribution in [-0.4, -0.2) is 12.6 Å². The first kappa shape index (κ1) is 26.2. The van der Waals surface area contributed by atoms with Gasteiger partial charge in [-0.15, -0.1) is 0 Å². The highest BCUT2D eigenvalue weighted by Crippen LogP contribution is 2.12. The summed E-state index contributed by atoms with van der Waals surface area (Å²) >= 11 is 0. The predicted molar refractivity (Wildman–Crippen MR) is 116 cm³/mol. The zero-order valence-corrected chi connectivity index (χ0v) is 18.3. The predicted octanol–water partition coefficient (Wildman–Crippen LogP) is 8.08. The molecule has 160 valence electrons. The molecule has 3 nitrogen and oxygen atoms in total. The van der Waals surface area contributed by atoms with Crippen LogP contribution in [0.3, 0.4) is 0 Å². The molecule has 0 atom stereocenters. The number of hydrogen-bond acceptors (Lipinski definition) is 3. The quantitative estimate of drug-likeness (QED) is 0.0871. The Hall–Kier alpha value is -0.830. The summed E-state index contributed by atoms with van der Waals surface area (Å²) in [5.41, 5.74) is 0. The largest absolute Gasteiger partial charge is 0.342 e. The second-order valence-corrected chi connectivity index (χ2v) is 7.61. The van der Waals surface area contributed by atoms with Gasteiger partial charge in [0.15, 0.2) is 0 Å². The van der Waals surface area contributed by atoms with Gasteiger partial charge in [-0.05, 0) is 39.0 Å². The number of allylic oxidation sites excluding steroid dienone is 2. The Morgan fingerprint density at radius 3 is 1.56 bits per heavy atom. The van der Waals surface area contributed by atoms with E-state index >= 15 is 0 Å². The van der Waals surface area contributed by atoms with Crippen molar-refractivity contribution in [3.63, 3.8) is 0 Å². The van der Waals surface area contributed by atoms with E-state index in [-0.39, 0.29) is 5.97 Å². The van der Waals surface area contributed by atoms with E-state index in [0.29, 0.717) is 13.0 Å². The van der Waals surface area contributed by atoms with E-state index in [1.54, 1.807) is 6.92 Å². The molecule has 0 N–H and O–H groups in total. The highest BCUT2D eigenvalue weighted by molar-refractivity contribution is 5.68. The molecule has 0 saturated carbocycles. The van der Waals surface area contributed by atoms with Crippen molar-refractivity contribution in [2.24, 2.45) is 0 Å². The summed E-state index contributed by atoms with van der Waals surface area (Å²) in [5, 5.41) is 0. The van der Waals surface area contributed by atoms with Crippen LogP contribution >= 0.6 is 0 Å². The molecule has 0 aromatic carbocycles. The first-order chi connectivity index (χ1) is 13.3. The number of unbranched alkanes of at least 4 members (excludes halogenated alkanes) is 15. The van der Waals surface area contributed by atoms with Crippen molar-refractivity contribution < 1.29 is 14.6 Å². The Bertz CT molecular complexity index is 326. The number of carbonyl (C=O) groups is 1. The van der Waals surface area contributed by atoms with E-state index in [0.717, 1.165) is 12.8 Å². The zero-order chi connectivity index (χ0) is 19.8. The van der Waals surface area contributed by atoms with Crippen LogP contribution in [0.25, 0.3) is 0 Å². The van der Waals surface area contributed by atoms with Gasteiger partial charge in [0.05, 0.1) is 6.61 Å². The molecule has 0 aliphatic carbocycles. The third-order valence-electron chi connectivity index (χ3n) is 4.91. The summed E-state index contributed by atoms with van der Waals surface area (Å²) in [4.78, 5) is 20.4. The molecule has 0 bridgehead atoms. The lowest BCUT2D eigenvalue weighted by molar-refractivity contribution is -0.269. The molecule has 0 saturated heterocycles. The van der Waals surface area contributed by atoms with E-state index in [4.69, 9.17) is 0 Å². The minimum absolute atomic E-state index is 0.238. The maximum absolute atomic E-state index is 11.2. The molecule has 0 aromatic rings. The van der Waals surface area contributed by atoms with Crippen molar-refractivity contribution >= 4 is 5.97 Å². The molecule has 27 heavy (non-hydrogen) atoms. The van der Waals surface area contributed by atoms with Crippen LogP contribution in [-0.2, 0) is 14.6 Å².